The predicted octanol–water partition coefficient (Wildman–Crippen LogP) is 2.75. The van der Waals surface area contributed by atoms with E-state index in [1.165, 1.54) is 0 Å². The van der Waals surface area contributed by atoms with Gasteiger partial charge in [-0.05, 0) is 23.9 Å². The van der Waals surface area contributed by atoms with E-state index in [2.05, 4.69) is 43.9 Å². The summed E-state index contributed by atoms with van der Waals surface area (Å²) in [5.74, 6) is 1.28. The van der Waals surface area contributed by atoms with Gasteiger partial charge in [-0.3, -0.25) is 0 Å². The summed E-state index contributed by atoms with van der Waals surface area (Å²) in [6.07, 6.45) is 0. The molecule has 0 rings (SSSR count). The van der Waals surface area contributed by atoms with Gasteiger partial charge in [-0.2, -0.15) is 0 Å². The van der Waals surface area contributed by atoms with Crippen molar-refractivity contribution in [3.63, 3.8) is 0 Å². The average molecular weight is 145 g/mol. The summed E-state index contributed by atoms with van der Waals surface area (Å²) in [4.78, 5) is 0. The first-order valence-corrected chi connectivity index (χ1v) is 4.11. The van der Waals surface area contributed by atoms with Crippen LogP contribution in [0.15, 0.2) is 0 Å². The van der Waals surface area contributed by atoms with Crippen LogP contribution in [0.2, 0.25) is 0 Å². The Hall–Kier alpha value is 0.430. The third-order valence-corrected chi connectivity index (χ3v) is 3.48. The van der Waals surface area contributed by atoms with Gasteiger partial charge in [-0.1, -0.05) is 27.7 Å². The van der Waals surface area contributed by atoms with Crippen LogP contribution < -0.4 is 0 Å². The predicted molar refractivity (Wildman–Crippen MR) is 47.5 cm³/mol. The molecule has 0 saturated carbocycles. The molecule has 0 aromatic carbocycles. The molecule has 0 aliphatic carbocycles. The number of hydrogen-bond acceptors (Lipinski definition) is 0. The number of hydrogen-bond donors (Lipinski definition) is 0. The Balaban J connectivity index is 4.01. The Morgan fingerprint density at radius 2 is 1.33 bits per heavy atom. The van der Waals surface area contributed by atoms with E-state index in [-0.39, 0.29) is 5.16 Å². The standard InChI is InChI=1S/C8H18P/c1-6(2)8(5,9)7(3)4/h6-7H,5,9H2,1-4H3. The molecule has 0 bridgehead atoms. The molecule has 0 aromatic heterocycles. The van der Waals surface area contributed by atoms with E-state index in [4.69, 9.17) is 0 Å². The minimum Gasteiger partial charge on any atom is -0.131 e. The topological polar surface area (TPSA) is 0 Å². The molecular weight excluding hydrogens is 127 g/mol. The lowest BCUT2D eigenvalue weighted by Gasteiger charge is -2.33. The van der Waals surface area contributed by atoms with Crippen molar-refractivity contribution < 1.29 is 0 Å². The van der Waals surface area contributed by atoms with Crippen LogP contribution in [0.3, 0.4) is 0 Å². The second-order valence-corrected chi connectivity index (χ2v) is 4.50. The van der Waals surface area contributed by atoms with Gasteiger partial charge in [0, 0.05) is 0 Å². The van der Waals surface area contributed by atoms with Crippen LogP contribution >= 0.6 is 9.24 Å². The van der Waals surface area contributed by atoms with Crippen LogP contribution in [-0.2, 0) is 0 Å². The molecule has 0 N–H and O–H groups in total. The molecule has 0 aliphatic rings. The summed E-state index contributed by atoms with van der Waals surface area (Å²) in [5, 5.41) is 0.167. The van der Waals surface area contributed by atoms with Crippen LogP contribution in [0.5, 0.6) is 0 Å². The van der Waals surface area contributed by atoms with Crippen molar-refractivity contribution >= 4 is 9.24 Å². The average Bonchev–Trinajstić information content (AvgIpc) is 1.65. The molecule has 0 spiro atoms. The van der Waals surface area contributed by atoms with E-state index in [1.54, 1.807) is 0 Å². The second-order valence-electron chi connectivity index (χ2n) is 3.42. The lowest BCUT2D eigenvalue weighted by Crippen LogP contribution is -2.30. The maximum atomic E-state index is 4.13. The van der Waals surface area contributed by atoms with Gasteiger partial charge in [0.05, 0.1) is 0 Å². The molecule has 0 aliphatic heterocycles. The van der Waals surface area contributed by atoms with Crippen molar-refractivity contribution in [1.29, 1.82) is 0 Å². The summed E-state index contributed by atoms with van der Waals surface area (Å²) in [7, 11) is 2.84. The van der Waals surface area contributed by atoms with Gasteiger partial charge in [-0.15, -0.1) is 9.24 Å². The monoisotopic (exact) mass is 145 g/mol. The van der Waals surface area contributed by atoms with Gasteiger partial charge in [0.15, 0.2) is 0 Å². The van der Waals surface area contributed by atoms with Gasteiger partial charge < -0.3 is 0 Å². The Morgan fingerprint density at radius 1 is 1.11 bits per heavy atom. The first-order valence-electron chi connectivity index (χ1n) is 3.53. The zero-order valence-corrected chi connectivity index (χ0v) is 8.09. The van der Waals surface area contributed by atoms with Crippen molar-refractivity contribution in [1.82, 2.24) is 0 Å². The van der Waals surface area contributed by atoms with E-state index in [1.807, 2.05) is 0 Å². The Morgan fingerprint density at radius 3 is 1.33 bits per heavy atom. The van der Waals surface area contributed by atoms with Crippen molar-refractivity contribution in [3.05, 3.63) is 6.92 Å². The Labute approximate surface area is 61.6 Å². The zero-order valence-electron chi connectivity index (χ0n) is 6.94. The molecule has 0 aromatic rings. The third-order valence-electron chi connectivity index (χ3n) is 2.15. The van der Waals surface area contributed by atoms with Gasteiger partial charge in [0.25, 0.3) is 0 Å². The minimum absolute atomic E-state index is 0.167. The zero-order chi connectivity index (χ0) is 7.65. The van der Waals surface area contributed by atoms with Crippen molar-refractivity contribution in [2.75, 3.05) is 0 Å². The van der Waals surface area contributed by atoms with Crippen molar-refractivity contribution in [2.24, 2.45) is 11.8 Å². The van der Waals surface area contributed by atoms with Crippen LogP contribution in [0, 0.1) is 18.8 Å². The van der Waals surface area contributed by atoms with Crippen molar-refractivity contribution in [2.45, 2.75) is 32.9 Å². The molecule has 0 nitrogen and oxygen atoms in total. The summed E-state index contributed by atoms with van der Waals surface area (Å²) in [5.41, 5.74) is 0. The summed E-state index contributed by atoms with van der Waals surface area (Å²) in [6, 6.07) is 0. The number of rotatable bonds is 2. The quantitative estimate of drug-likeness (QED) is 0.524. The molecule has 0 heterocycles. The maximum absolute atomic E-state index is 4.13. The highest BCUT2D eigenvalue weighted by Crippen LogP contribution is 2.34. The molecular formula is C8H18P. The lowest BCUT2D eigenvalue weighted by molar-refractivity contribution is 0.395. The fourth-order valence-electron chi connectivity index (χ4n) is 0.667. The van der Waals surface area contributed by atoms with E-state index in [0.717, 1.165) is 0 Å². The summed E-state index contributed by atoms with van der Waals surface area (Å²) in [6.45, 7) is 13.0. The second kappa shape index (κ2) is 3.01. The molecule has 1 unspecified atom stereocenters. The lowest BCUT2D eigenvalue weighted by atomic mass is 9.86. The molecule has 55 valence electrons. The highest BCUT2D eigenvalue weighted by atomic mass is 31.0. The van der Waals surface area contributed by atoms with Crippen molar-refractivity contribution in [3.8, 4) is 0 Å². The molecule has 1 radical (unpaired) electrons. The van der Waals surface area contributed by atoms with Crippen LogP contribution in [0.1, 0.15) is 27.7 Å². The van der Waals surface area contributed by atoms with E-state index < -0.39 is 0 Å². The van der Waals surface area contributed by atoms with Gasteiger partial charge >= 0.3 is 0 Å². The van der Waals surface area contributed by atoms with E-state index >= 15 is 0 Å². The van der Waals surface area contributed by atoms with Crippen LogP contribution in [0.25, 0.3) is 0 Å². The normalized spacial score (nSPS) is 13.3. The van der Waals surface area contributed by atoms with Crippen LogP contribution in [0.4, 0.5) is 0 Å². The first kappa shape index (κ1) is 9.43. The summed E-state index contributed by atoms with van der Waals surface area (Å²) < 4.78 is 0. The molecule has 0 amide bonds. The fourth-order valence-corrected chi connectivity index (χ4v) is 0.667. The Kier molecular flexibility index (Phi) is 3.16. The van der Waals surface area contributed by atoms with Gasteiger partial charge in [0.2, 0.25) is 0 Å². The smallest absolute Gasteiger partial charge is 0.0104 e. The first-order chi connectivity index (χ1) is 3.89. The maximum Gasteiger partial charge on any atom is -0.0104 e. The van der Waals surface area contributed by atoms with Gasteiger partial charge in [0.1, 0.15) is 0 Å². The van der Waals surface area contributed by atoms with Gasteiger partial charge in [-0.25, -0.2) is 0 Å². The van der Waals surface area contributed by atoms with Crippen LogP contribution in [-0.4, -0.2) is 5.16 Å². The minimum atomic E-state index is 0.167. The summed E-state index contributed by atoms with van der Waals surface area (Å²) >= 11 is 0. The van der Waals surface area contributed by atoms with E-state index in [0.29, 0.717) is 11.8 Å². The third kappa shape index (κ3) is 2.26. The SMILES string of the molecule is [CH2]C(P)(C(C)C)C(C)C. The fraction of sp³-hybridized carbons (Fsp3) is 0.875. The largest absolute Gasteiger partial charge is 0.131 e. The van der Waals surface area contributed by atoms with E-state index in [9.17, 15) is 0 Å². The molecule has 1 atom stereocenters. The highest BCUT2D eigenvalue weighted by molar-refractivity contribution is 7.19. The highest BCUT2D eigenvalue weighted by Gasteiger charge is 2.25. The molecule has 0 fully saturated rings. The molecule has 9 heavy (non-hydrogen) atoms. The molecule has 0 saturated heterocycles. The molecule has 1 heteroatoms. The Bertz CT molecular complexity index is 72.6.